The van der Waals surface area contributed by atoms with Crippen molar-refractivity contribution >= 4 is 11.9 Å². The predicted octanol–water partition coefficient (Wildman–Crippen LogP) is 7.11. The van der Waals surface area contributed by atoms with Gasteiger partial charge in [-0.25, -0.2) is 0 Å². The van der Waals surface area contributed by atoms with Crippen molar-refractivity contribution < 1.29 is 23.8 Å². The molecule has 0 radical (unpaired) electrons. The van der Waals surface area contributed by atoms with Crippen LogP contribution in [0, 0.1) is 11.8 Å². The van der Waals surface area contributed by atoms with Gasteiger partial charge in [0, 0.05) is 12.8 Å². The second-order valence-corrected chi connectivity index (χ2v) is 9.01. The van der Waals surface area contributed by atoms with Crippen LogP contribution in [0.2, 0.25) is 0 Å². The minimum absolute atomic E-state index is 0.211. The fourth-order valence-corrected chi connectivity index (χ4v) is 3.10. The van der Waals surface area contributed by atoms with Gasteiger partial charge in [0.15, 0.2) is 11.5 Å². The summed E-state index contributed by atoms with van der Waals surface area (Å²) in [6.45, 7) is 11.3. The number of unbranched alkanes of at least 4 members (excludes halogenated alkanes) is 3. The number of carbonyl (C=O) groups excluding carboxylic acids is 2. The topological polar surface area (TPSA) is 61.8 Å². The van der Waals surface area contributed by atoms with Gasteiger partial charge in [-0.15, -0.1) is 0 Å². The van der Waals surface area contributed by atoms with E-state index in [4.69, 9.17) is 14.2 Å². The average molecular weight is 435 g/mol. The average Bonchev–Trinajstić information content (AvgIpc) is 2.70. The Balaban J connectivity index is 2.77. The molecule has 0 atom stereocenters. The van der Waals surface area contributed by atoms with E-state index in [0.29, 0.717) is 37.0 Å². The van der Waals surface area contributed by atoms with E-state index >= 15 is 0 Å². The molecule has 1 rings (SSSR count). The van der Waals surface area contributed by atoms with Gasteiger partial charge in [-0.3, -0.25) is 9.59 Å². The number of ether oxygens (including phenoxy) is 3. The highest BCUT2D eigenvalue weighted by Crippen LogP contribution is 2.38. The molecule has 0 aliphatic heterocycles. The van der Waals surface area contributed by atoms with Crippen LogP contribution in [0.15, 0.2) is 18.2 Å². The van der Waals surface area contributed by atoms with E-state index < -0.39 is 0 Å². The van der Waals surface area contributed by atoms with Crippen molar-refractivity contribution in [2.75, 3.05) is 6.61 Å². The van der Waals surface area contributed by atoms with E-state index in [2.05, 4.69) is 34.6 Å². The van der Waals surface area contributed by atoms with E-state index in [9.17, 15) is 9.59 Å². The zero-order chi connectivity index (χ0) is 23.1. The standard InChI is InChI=1S/C26H42O5/c1-6-7-19-29-22-15-12-16-23(30-24(27)17-10-8-13-20(2)3)26(22)31-25(28)18-11-9-14-21(4)5/h12,15-16,20-21H,6-11,13-14,17-19H2,1-5H3. The van der Waals surface area contributed by atoms with Gasteiger partial charge >= 0.3 is 11.9 Å². The predicted molar refractivity (Wildman–Crippen MR) is 125 cm³/mol. The molecule has 0 N–H and O–H groups in total. The molecule has 0 aliphatic rings. The third-order valence-electron chi connectivity index (χ3n) is 4.96. The summed E-state index contributed by atoms with van der Waals surface area (Å²) in [7, 11) is 0. The Kier molecular flexibility index (Phi) is 13.7. The van der Waals surface area contributed by atoms with Crippen molar-refractivity contribution in [3.05, 3.63) is 18.2 Å². The first kappa shape index (κ1) is 27.0. The van der Waals surface area contributed by atoms with Crippen LogP contribution in [0.1, 0.15) is 98.8 Å². The van der Waals surface area contributed by atoms with E-state index in [0.717, 1.165) is 51.4 Å². The zero-order valence-corrected chi connectivity index (χ0v) is 20.2. The van der Waals surface area contributed by atoms with Crippen molar-refractivity contribution in [2.24, 2.45) is 11.8 Å². The molecule has 5 nitrogen and oxygen atoms in total. The maximum atomic E-state index is 12.4. The Hall–Kier alpha value is -2.04. The van der Waals surface area contributed by atoms with Crippen LogP contribution in [-0.4, -0.2) is 18.5 Å². The maximum absolute atomic E-state index is 12.4. The molecule has 1 aromatic rings. The number of hydrogen-bond acceptors (Lipinski definition) is 5. The number of hydrogen-bond donors (Lipinski definition) is 0. The fourth-order valence-electron chi connectivity index (χ4n) is 3.10. The highest BCUT2D eigenvalue weighted by Gasteiger charge is 2.19. The molecule has 0 heterocycles. The molecule has 0 amide bonds. The minimum Gasteiger partial charge on any atom is -0.490 e. The highest BCUT2D eigenvalue weighted by atomic mass is 16.6. The number of rotatable bonds is 16. The van der Waals surface area contributed by atoms with Crippen LogP contribution in [0.4, 0.5) is 0 Å². The first-order chi connectivity index (χ1) is 14.8. The second kappa shape index (κ2) is 15.7. The van der Waals surface area contributed by atoms with Crippen LogP contribution < -0.4 is 14.2 Å². The minimum atomic E-state index is -0.329. The van der Waals surface area contributed by atoms with Gasteiger partial charge in [0.2, 0.25) is 5.75 Å². The molecule has 0 fully saturated rings. The molecule has 0 saturated carbocycles. The van der Waals surface area contributed by atoms with Crippen molar-refractivity contribution in [1.82, 2.24) is 0 Å². The van der Waals surface area contributed by atoms with Gasteiger partial charge in [0.05, 0.1) is 6.61 Å². The molecule has 0 unspecified atom stereocenters. The monoisotopic (exact) mass is 434 g/mol. The molecule has 0 aromatic heterocycles. The van der Waals surface area contributed by atoms with Crippen LogP contribution in [0.5, 0.6) is 17.2 Å². The van der Waals surface area contributed by atoms with E-state index in [1.54, 1.807) is 18.2 Å². The lowest BCUT2D eigenvalue weighted by Gasteiger charge is -2.15. The summed E-state index contributed by atoms with van der Waals surface area (Å²) in [5, 5.41) is 0. The summed E-state index contributed by atoms with van der Waals surface area (Å²) in [4.78, 5) is 24.8. The zero-order valence-electron chi connectivity index (χ0n) is 20.2. The quantitative estimate of drug-likeness (QED) is 0.158. The van der Waals surface area contributed by atoms with Crippen LogP contribution in [-0.2, 0) is 9.59 Å². The maximum Gasteiger partial charge on any atom is 0.311 e. The van der Waals surface area contributed by atoms with Gasteiger partial charge in [-0.05, 0) is 43.2 Å². The number of esters is 2. The van der Waals surface area contributed by atoms with Crippen LogP contribution in [0.3, 0.4) is 0 Å². The van der Waals surface area contributed by atoms with E-state index in [1.165, 1.54) is 0 Å². The highest BCUT2D eigenvalue weighted by molar-refractivity contribution is 5.77. The fraction of sp³-hybridized carbons (Fsp3) is 0.692. The Morgan fingerprint density at radius 3 is 1.87 bits per heavy atom. The first-order valence-electron chi connectivity index (χ1n) is 12.0. The van der Waals surface area contributed by atoms with Gasteiger partial charge in [-0.1, -0.05) is 72.8 Å². The number of para-hydroxylation sites is 1. The molecule has 176 valence electrons. The number of benzene rings is 1. The SMILES string of the molecule is CCCCOc1cccc(OC(=O)CCCCC(C)C)c1OC(=O)CCCCC(C)C. The molecular formula is C26H42O5. The second-order valence-electron chi connectivity index (χ2n) is 9.01. The molecule has 0 spiro atoms. The largest absolute Gasteiger partial charge is 0.490 e. The Bertz CT molecular complexity index is 651. The Labute approximate surface area is 188 Å². The molecule has 0 bridgehead atoms. The van der Waals surface area contributed by atoms with Crippen LogP contribution >= 0.6 is 0 Å². The summed E-state index contributed by atoms with van der Waals surface area (Å²) in [6, 6.07) is 5.15. The Morgan fingerprint density at radius 1 is 0.774 bits per heavy atom. The summed E-state index contributed by atoms with van der Waals surface area (Å²) in [5.74, 6) is 1.50. The molecule has 31 heavy (non-hydrogen) atoms. The van der Waals surface area contributed by atoms with E-state index in [-0.39, 0.29) is 23.4 Å². The van der Waals surface area contributed by atoms with Crippen molar-refractivity contribution in [3.8, 4) is 17.2 Å². The van der Waals surface area contributed by atoms with E-state index in [1.807, 2.05) is 0 Å². The smallest absolute Gasteiger partial charge is 0.311 e. The molecule has 0 aliphatic carbocycles. The van der Waals surface area contributed by atoms with Crippen molar-refractivity contribution in [3.63, 3.8) is 0 Å². The molecule has 0 saturated heterocycles. The van der Waals surface area contributed by atoms with Gasteiger partial charge in [-0.2, -0.15) is 0 Å². The summed E-state index contributed by atoms with van der Waals surface area (Å²) in [5.41, 5.74) is 0. The lowest BCUT2D eigenvalue weighted by Crippen LogP contribution is -2.13. The van der Waals surface area contributed by atoms with Gasteiger partial charge in [0.1, 0.15) is 0 Å². The molecule has 5 heteroatoms. The van der Waals surface area contributed by atoms with Gasteiger partial charge < -0.3 is 14.2 Å². The lowest BCUT2D eigenvalue weighted by atomic mass is 10.1. The third-order valence-corrected chi connectivity index (χ3v) is 4.96. The third kappa shape index (κ3) is 12.4. The molecule has 1 aromatic carbocycles. The van der Waals surface area contributed by atoms with Crippen molar-refractivity contribution in [2.45, 2.75) is 98.8 Å². The van der Waals surface area contributed by atoms with Crippen molar-refractivity contribution in [1.29, 1.82) is 0 Å². The Morgan fingerprint density at radius 2 is 1.32 bits per heavy atom. The summed E-state index contributed by atoms with van der Waals surface area (Å²) in [6.07, 6.45) is 8.28. The molecular weight excluding hydrogens is 392 g/mol. The first-order valence-corrected chi connectivity index (χ1v) is 12.0. The lowest BCUT2D eigenvalue weighted by molar-refractivity contribution is -0.137. The van der Waals surface area contributed by atoms with Crippen LogP contribution in [0.25, 0.3) is 0 Å². The summed E-state index contributed by atoms with van der Waals surface area (Å²) < 4.78 is 17.0. The summed E-state index contributed by atoms with van der Waals surface area (Å²) >= 11 is 0. The van der Waals surface area contributed by atoms with Gasteiger partial charge in [0.25, 0.3) is 0 Å². The number of carbonyl (C=O) groups is 2. The normalized spacial score (nSPS) is 11.1.